The van der Waals surface area contributed by atoms with Crippen LogP contribution in [0.4, 0.5) is 0 Å². The first-order chi connectivity index (χ1) is 9.74. The van der Waals surface area contributed by atoms with Gasteiger partial charge in [-0.15, -0.1) is 0 Å². The molecule has 2 rings (SSSR count). The van der Waals surface area contributed by atoms with Gasteiger partial charge in [0.15, 0.2) is 0 Å². The smallest absolute Gasteiger partial charge is 0.0597 e. The average molecular weight is 278 g/mol. The number of nitrogens with two attached hydrogens (primary N) is 1. The molecule has 1 saturated carbocycles. The van der Waals surface area contributed by atoms with Gasteiger partial charge < -0.3 is 5.73 Å². The summed E-state index contributed by atoms with van der Waals surface area (Å²) in [6, 6.07) is 2.98. The molecule has 4 heteroatoms. The van der Waals surface area contributed by atoms with Crippen LogP contribution in [0.5, 0.6) is 0 Å². The highest BCUT2D eigenvalue weighted by Gasteiger charge is 2.22. The quantitative estimate of drug-likeness (QED) is 0.834. The average Bonchev–Trinajstić information content (AvgIpc) is 2.84. The van der Waals surface area contributed by atoms with E-state index in [4.69, 9.17) is 5.73 Å². The van der Waals surface area contributed by atoms with Gasteiger partial charge in [-0.3, -0.25) is 9.58 Å². The van der Waals surface area contributed by atoms with Crippen LogP contribution in [0, 0.1) is 6.92 Å². The van der Waals surface area contributed by atoms with Crippen LogP contribution in [0.2, 0.25) is 0 Å². The van der Waals surface area contributed by atoms with Crippen LogP contribution in [0.15, 0.2) is 6.07 Å². The second-order valence-electron chi connectivity index (χ2n) is 6.00. The summed E-state index contributed by atoms with van der Waals surface area (Å²) in [5.41, 5.74) is 8.20. The summed E-state index contributed by atoms with van der Waals surface area (Å²) >= 11 is 0. The van der Waals surface area contributed by atoms with E-state index in [-0.39, 0.29) is 0 Å². The van der Waals surface area contributed by atoms with Crippen molar-refractivity contribution >= 4 is 0 Å². The van der Waals surface area contributed by atoms with E-state index in [2.05, 4.69) is 34.6 Å². The van der Waals surface area contributed by atoms with Crippen molar-refractivity contribution in [3.8, 4) is 0 Å². The molecule has 114 valence electrons. The zero-order valence-electron chi connectivity index (χ0n) is 13.1. The van der Waals surface area contributed by atoms with Crippen LogP contribution >= 0.6 is 0 Å². The van der Waals surface area contributed by atoms with Crippen LogP contribution in [0.1, 0.15) is 56.8 Å². The number of nitrogens with zero attached hydrogens (tertiary/aromatic N) is 3. The van der Waals surface area contributed by atoms with Gasteiger partial charge in [-0.1, -0.05) is 19.3 Å². The second-order valence-corrected chi connectivity index (χ2v) is 6.00. The molecule has 4 nitrogen and oxygen atoms in total. The molecule has 0 aromatic carbocycles. The molecular weight excluding hydrogens is 248 g/mol. The molecular formula is C16H30N4. The summed E-state index contributed by atoms with van der Waals surface area (Å²) < 4.78 is 2.15. The molecule has 0 aliphatic heterocycles. The molecule has 1 heterocycles. The van der Waals surface area contributed by atoms with Crippen molar-refractivity contribution < 1.29 is 0 Å². The molecule has 0 bridgehead atoms. The number of hydrogen-bond acceptors (Lipinski definition) is 3. The molecule has 0 spiro atoms. The van der Waals surface area contributed by atoms with Gasteiger partial charge in [-0.25, -0.2) is 0 Å². The summed E-state index contributed by atoms with van der Waals surface area (Å²) in [5.74, 6) is 0. The van der Waals surface area contributed by atoms with Gasteiger partial charge in [0.2, 0.25) is 0 Å². The molecule has 1 aromatic rings. The fourth-order valence-electron chi connectivity index (χ4n) is 3.34. The van der Waals surface area contributed by atoms with E-state index in [1.165, 1.54) is 37.8 Å². The highest BCUT2D eigenvalue weighted by atomic mass is 15.3. The minimum absolute atomic E-state index is 0.746. The van der Waals surface area contributed by atoms with E-state index in [0.717, 1.165) is 44.3 Å². The van der Waals surface area contributed by atoms with E-state index in [9.17, 15) is 0 Å². The third-order valence-corrected chi connectivity index (χ3v) is 4.39. The predicted octanol–water partition coefficient (Wildman–Crippen LogP) is 2.69. The Morgan fingerprint density at radius 3 is 2.75 bits per heavy atom. The molecule has 1 fully saturated rings. The lowest BCUT2D eigenvalue weighted by Gasteiger charge is -2.34. The van der Waals surface area contributed by atoms with Gasteiger partial charge in [-0.2, -0.15) is 5.10 Å². The standard InChI is InChI=1S/C16H30N4/c1-3-20-16(12-14(2)18-20)13-19(11-7-10-17)15-8-5-4-6-9-15/h12,15H,3-11,13,17H2,1-2H3. The van der Waals surface area contributed by atoms with Gasteiger partial charge in [-0.05, 0) is 45.7 Å². The second kappa shape index (κ2) is 7.79. The zero-order chi connectivity index (χ0) is 14.4. The van der Waals surface area contributed by atoms with Gasteiger partial charge in [0, 0.05) is 25.7 Å². The highest BCUT2D eigenvalue weighted by molar-refractivity contribution is 5.09. The Labute approximate surface area is 123 Å². The van der Waals surface area contributed by atoms with E-state index in [1.807, 2.05) is 0 Å². The monoisotopic (exact) mass is 278 g/mol. The van der Waals surface area contributed by atoms with E-state index >= 15 is 0 Å². The van der Waals surface area contributed by atoms with Crippen molar-refractivity contribution in [1.29, 1.82) is 0 Å². The first kappa shape index (κ1) is 15.5. The highest BCUT2D eigenvalue weighted by Crippen LogP contribution is 2.24. The first-order valence-corrected chi connectivity index (χ1v) is 8.22. The van der Waals surface area contributed by atoms with Crippen LogP contribution in [-0.4, -0.2) is 33.8 Å². The third kappa shape index (κ3) is 4.06. The van der Waals surface area contributed by atoms with Crippen LogP contribution in [0.3, 0.4) is 0 Å². The van der Waals surface area contributed by atoms with Gasteiger partial charge in [0.05, 0.1) is 11.4 Å². The van der Waals surface area contributed by atoms with Crippen molar-refractivity contribution in [2.75, 3.05) is 13.1 Å². The van der Waals surface area contributed by atoms with Crippen molar-refractivity contribution in [1.82, 2.24) is 14.7 Å². The SMILES string of the molecule is CCn1nc(C)cc1CN(CCCN)C1CCCCC1. The largest absolute Gasteiger partial charge is 0.330 e. The van der Waals surface area contributed by atoms with Crippen molar-refractivity contribution in [2.45, 2.75) is 71.5 Å². The summed E-state index contributed by atoms with van der Waals surface area (Å²) in [5, 5.41) is 4.57. The Kier molecular flexibility index (Phi) is 6.05. The van der Waals surface area contributed by atoms with Crippen LogP contribution in [0.25, 0.3) is 0 Å². The molecule has 2 N–H and O–H groups in total. The summed E-state index contributed by atoms with van der Waals surface area (Å²) in [6.07, 6.45) is 7.97. The Morgan fingerprint density at radius 1 is 1.35 bits per heavy atom. The van der Waals surface area contributed by atoms with Crippen LogP contribution in [-0.2, 0) is 13.1 Å². The fourth-order valence-corrected chi connectivity index (χ4v) is 3.34. The van der Waals surface area contributed by atoms with E-state index in [1.54, 1.807) is 0 Å². The molecule has 0 unspecified atom stereocenters. The fraction of sp³-hybridized carbons (Fsp3) is 0.812. The molecule has 0 amide bonds. The Bertz CT molecular complexity index is 393. The molecule has 20 heavy (non-hydrogen) atoms. The topological polar surface area (TPSA) is 47.1 Å². The van der Waals surface area contributed by atoms with Gasteiger partial charge in [0.25, 0.3) is 0 Å². The zero-order valence-corrected chi connectivity index (χ0v) is 13.1. The number of aromatic nitrogens is 2. The maximum atomic E-state index is 5.72. The predicted molar refractivity (Wildman–Crippen MR) is 83.6 cm³/mol. The van der Waals surface area contributed by atoms with Crippen molar-refractivity contribution in [3.63, 3.8) is 0 Å². The molecule has 1 aliphatic carbocycles. The molecule has 0 atom stereocenters. The Morgan fingerprint density at radius 2 is 2.10 bits per heavy atom. The molecule has 1 aromatic heterocycles. The van der Waals surface area contributed by atoms with E-state index in [0.29, 0.717) is 0 Å². The maximum absolute atomic E-state index is 5.72. The van der Waals surface area contributed by atoms with Gasteiger partial charge >= 0.3 is 0 Å². The van der Waals surface area contributed by atoms with Crippen molar-refractivity contribution in [3.05, 3.63) is 17.5 Å². The Balaban J connectivity index is 2.05. The molecule has 1 aliphatic rings. The lowest BCUT2D eigenvalue weighted by molar-refractivity contribution is 0.143. The number of rotatable bonds is 7. The summed E-state index contributed by atoms with van der Waals surface area (Å²) in [6.45, 7) is 8.14. The minimum Gasteiger partial charge on any atom is -0.330 e. The first-order valence-electron chi connectivity index (χ1n) is 8.22. The third-order valence-electron chi connectivity index (χ3n) is 4.39. The maximum Gasteiger partial charge on any atom is 0.0597 e. The number of hydrogen-bond donors (Lipinski definition) is 1. The molecule has 0 saturated heterocycles. The number of aryl methyl sites for hydroxylation is 2. The normalized spacial score (nSPS) is 17.0. The molecule has 0 radical (unpaired) electrons. The van der Waals surface area contributed by atoms with Crippen molar-refractivity contribution in [2.24, 2.45) is 5.73 Å². The summed E-state index contributed by atoms with van der Waals surface area (Å²) in [7, 11) is 0. The van der Waals surface area contributed by atoms with E-state index < -0.39 is 0 Å². The minimum atomic E-state index is 0.746. The summed E-state index contributed by atoms with van der Waals surface area (Å²) in [4.78, 5) is 2.65. The lowest BCUT2D eigenvalue weighted by atomic mass is 9.94. The lowest BCUT2D eigenvalue weighted by Crippen LogP contribution is -2.38. The van der Waals surface area contributed by atoms with Crippen LogP contribution < -0.4 is 5.73 Å². The van der Waals surface area contributed by atoms with Gasteiger partial charge in [0.1, 0.15) is 0 Å². The Hall–Kier alpha value is -0.870.